The molecular formula is C20H22N4O. The lowest BCUT2D eigenvalue weighted by molar-refractivity contribution is 0.0929. The molecule has 0 radical (unpaired) electrons. The Hall–Kier alpha value is -2.95. The number of carbonyl (C=O) groups excluding carboxylic acids is 1. The van der Waals surface area contributed by atoms with E-state index in [9.17, 15) is 4.79 Å². The molecule has 1 atom stereocenters. The number of hydrogen-bond donors (Lipinski definition) is 2. The number of fused-ring (bicyclic) bond motifs is 1. The number of rotatable bonds is 5. The topological polar surface area (TPSA) is 66.9 Å². The maximum atomic E-state index is 12.5. The number of amides is 1. The summed E-state index contributed by atoms with van der Waals surface area (Å²) in [7, 11) is 0. The van der Waals surface area contributed by atoms with E-state index >= 15 is 0 Å². The van der Waals surface area contributed by atoms with Crippen LogP contribution in [0.25, 0.3) is 10.9 Å². The number of nitrogens with one attached hydrogen (secondary N) is 2. The van der Waals surface area contributed by atoms with Crippen molar-refractivity contribution in [2.24, 2.45) is 0 Å². The number of hydrogen-bond acceptors (Lipinski definition) is 4. The molecule has 1 aromatic heterocycles. The van der Waals surface area contributed by atoms with E-state index in [2.05, 4.69) is 20.6 Å². The summed E-state index contributed by atoms with van der Waals surface area (Å²) in [5.41, 5.74) is 2.82. The molecule has 5 nitrogen and oxygen atoms in total. The molecule has 1 heterocycles. The second kappa shape index (κ2) is 7.30. The Labute approximate surface area is 147 Å². The van der Waals surface area contributed by atoms with E-state index in [1.165, 1.54) is 0 Å². The third-order valence-corrected chi connectivity index (χ3v) is 4.08. The van der Waals surface area contributed by atoms with Crippen molar-refractivity contribution in [3.05, 3.63) is 59.9 Å². The fourth-order valence-electron chi connectivity index (χ4n) is 2.52. The summed E-state index contributed by atoms with van der Waals surface area (Å²) in [6.45, 7) is 6.02. The standard InChI is InChI=1S/C20H22N4O/c1-4-14(3)21-20(25)19-23-17-11-6-5-10-16(17)18(24-19)22-15-9-7-8-13(2)12-15/h5-12,14H,4H2,1-3H3,(H,21,25)(H,22,23,24). The van der Waals surface area contributed by atoms with Gasteiger partial charge in [-0.1, -0.05) is 31.2 Å². The molecule has 2 aromatic carbocycles. The Morgan fingerprint density at radius 1 is 1.12 bits per heavy atom. The molecule has 0 fully saturated rings. The lowest BCUT2D eigenvalue weighted by atomic mass is 10.2. The minimum Gasteiger partial charge on any atom is -0.347 e. The molecule has 25 heavy (non-hydrogen) atoms. The Kier molecular flexibility index (Phi) is 4.93. The van der Waals surface area contributed by atoms with Crippen LogP contribution >= 0.6 is 0 Å². The normalized spacial score (nSPS) is 12.0. The first-order valence-electron chi connectivity index (χ1n) is 8.48. The summed E-state index contributed by atoms with van der Waals surface area (Å²) in [6, 6.07) is 15.8. The third kappa shape index (κ3) is 3.94. The molecule has 0 aliphatic heterocycles. The highest BCUT2D eigenvalue weighted by atomic mass is 16.2. The van der Waals surface area contributed by atoms with Crippen molar-refractivity contribution in [2.45, 2.75) is 33.2 Å². The number of aromatic nitrogens is 2. The number of anilines is 2. The molecule has 0 saturated carbocycles. The van der Waals surface area contributed by atoms with Gasteiger partial charge in [0.1, 0.15) is 5.82 Å². The van der Waals surface area contributed by atoms with Gasteiger partial charge < -0.3 is 10.6 Å². The van der Waals surface area contributed by atoms with Crippen molar-refractivity contribution in [2.75, 3.05) is 5.32 Å². The molecule has 1 amide bonds. The monoisotopic (exact) mass is 334 g/mol. The average Bonchev–Trinajstić information content (AvgIpc) is 2.61. The van der Waals surface area contributed by atoms with E-state index in [0.717, 1.165) is 28.6 Å². The summed E-state index contributed by atoms with van der Waals surface area (Å²) in [5, 5.41) is 7.12. The Bertz CT molecular complexity index is 907. The van der Waals surface area contributed by atoms with Gasteiger partial charge in [-0.05, 0) is 50.1 Å². The molecule has 3 rings (SSSR count). The average molecular weight is 334 g/mol. The first-order valence-corrected chi connectivity index (χ1v) is 8.48. The second-order valence-electron chi connectivity index (χ2n) is 6.19. The fourth-order valence-corrected chi connectivity index (χ4v) is 2.52. The lowest BCUT2D eigenvalue weighted by Crippen LogP contribution is -2.33. The van der Waals surface area contributed by atoms with Crippen LogP contribution in [0.5, 0.6) is 0 Å². The summed E-state index contributed by atoms with van der Waals surface area (Å²) in [6.07, 6.45) is 0.855. The summed E-state index contributed by atoms with van der Waals surface area (Å²) in [4.78, 5) is 21.4. The molecule has 0 spiro atoms. The van der Waals surface area contributed by atoms with Crippen molar-refractivity contribution in [1.29, 1.82) is 0 Å². The minimum atomic E-state index is -0.257. The molecule has 0 aliphatic carbocycles. The Morgan fingerprint density at radius 3 is 2.68 bits per heavy atom. The van der Waals surface area contributed by atoms with Crippen molar-refractivity contribution >= 4 is 28.3 Å². The van der Waals surface area contributed by atoms with Crippen LogP contribution in [0.4, 0.5) is 11.5 Å². The van der Waals surface area contributed by atoms with Crippen LogP contribution in [0.3, 0.4) is 0 Å². The van der Waals surface area contributed by atoms with Gasteiger partial charge in [-0.25, -0.2) is 9.97 Å². The molecule has 3 aromatic rings. The molecule has 0 saturated heterocycles. The highest BCUT2D eigenvalue weighted by Crippen LogP contribution is 2.24. The lowest BCUT2D eigenvalue weighted by Gasteiger charge is -2.13. The summed E-state index contributed by atoms with van der Waals surface area (Å²) in [5.74, 6) is 0.548. The number of carbonyl (C=O) groups is 1. The first-order chi connectivity index (χ1) is 12.1. The van der Waals surface area contributed by atoms with Gasteiger partial charge in [0.25, 0.3) is 5.91 Å². The van der Waals surface area contributed by atoms with E-state index in [1.807, 2.05) is 69.3 Å². The van der Waals surface area contributed by atoms with Crippen molar-refractivity contribution in [3.63, 3.8) is 0 Å². The molecule has 5 heteroatoms. The van der Waals surface area contributed by atoms with Crippen molar-refractivity contribution in [3.8, 4) is 0 Å². The van der Waals surface area contributed by atoms with E-state index in [1.54, 1.807) is 0 Å². The number of benzene rings is 2. The molecular weight excluding hydrogens is 312 g/mol. The van der Waals surface area contributed by atoms with Gasteiger partial charge in [0.2, 0.25) is 5.82 Å². The number of nitrogens with zero attached hydrogens (tertiary/aromatic N) is 2. The van der Waals surface area contributed by atoms with Crippen molar-refractivity contribution in [1.82, 2.24) is 15.3 Å². The van der Waals surface area contributed by atoms with E-state index in [0.29, 0.717) is 5.82 Å². The molecule has 0 aliphatic rings. The zero-order valence-electron chi connectivity index (χ0n) is 14.7. The van der Waals surface area contributed by atoms with Crippen LogP contribution in [-0.2, 0) is 0 Å². The maximum Gasteiger partial charge on any atom is 0.289 e. The molecule has 0 bridgehead atoms. The van der Waals surface area contributed by atoms with Gasteiger partial charge in [0, 0.05) is 17.1 Å². The van der Waals surface area contributed by atoms with Gasteiger partial charge in [0.05, 0.1) is 5.52 Å². The smallest absolute Gasteiger partial charge is 0.289 e. The molecule has 2 N–H and O–H groups in total. The van der Waals surface area contributed by atoms with Crippen LogP contribution in [0, 0.1) is 6.92 Å². The quantitative estimate of drug-likeness (QED) is 0.733. The Balaban J connectivity index is 2.02. The fraction of sp³-hybridized carbons (Fsp3) is 0.250. The van der Waals surface area contributed by atoms with Gasteiger partial charge in [0.15, 0.2) is 0 Å². The first kappa shape index (κ1) is 16.9. The molecule has 1 unspecified atom stereocenters. The van der Waals surface area contributed by atoms with E-state index in [-0.39, 0.29) is 17.8 Å². The van der Waals surface area contributed by atoms with Crippen molar-refractivity contribution < 1.29 is 4.79 Å². The van der Waals surface area contributed by atoms with Gasteiger partial charge in [-0.3, -0.25) is 4.79 Å². The largest absolute Gasteiger partial charge is 0.347 e. The highest BCUT2D eigenvalue weighted by molar-refractivity contribution is 5.97. The van der Waals surface area contributed by atoms with Crippen LogP contribution in [-0.4, -0.2) is 21.9 Å². The Morgan fingerprint density at radius 2 is 1.92 bits per heavy atom. The summed E-state index contributed by atoms with van der Waals surface area (Å²) < 4.78 is 0. The minimum absolute atomic E-state index is 0.0794. The van der Waals surface area contributed by atoms with Crippen LogP contribution in [0.15, 0.2) is 48.5 Å². The maximum absolute atomic E-state index is 12.5. The van der Waals surface area contributed by atoms with Gasteiger partial charge in [-0.2, -0.15) is 0 Å². The third-order valence-electron chi connectivity index (χ3n) is 4.08. The van der Waals surface area contributed by atoms with Crippen LogP contribution in [0.1, 0.15) is 36.5 Å². The van der Waals surface area contributed by atoms with Crippen LogP contribution < -0.4 is 10.6 Å². The molecule has 128 valence electrons. The second-order valence-corrected chi connectivity index (χ2v) is 6.19. The van der Waals surface area contributed by atoms with Gasteiger partial charge in [-0.15, -0.1) is 0 Å². The van der Waals surface area contributed by atoms with Crippen LogP contribution in [0.2, 0.25) is 0 Å². The predicted molar refractivity (Wildman–Crippen MR) is 101 cm³/mol. The van der Waals surface area contributed by atoms with E-state index < -0.39 is 0 Å². The number of aryl methyl sites for hydroxylation is 1. The van der Waals surface area contributed by atoms with Gasteiger partial charge >= 0.3 is 0 Å². The zero-order valence-corrected chi connectivity index (χ0v) is 14.7. The summed E-state index contributed by atoms with van der Waals surface area (Å²) >= 11 is 0. The SMILES string of the molecule is CCC(C)NC(=O)c1nc(Nc2cccc(C)c2)c2ccccc2n1. The highest BCUT2D eigenvalue weighted by Gasteiger charge is 2.15. The number of para-hydroxylation sites is 1. The predicted octanol–water partition coefficient (Wildman–Crippen LogP) is 4.21. The zero-order chi connectivity index (χ0) is 17.8. The van der Waals surface area contributed by atoms with E-state index in [4.69, 9.17) is 0 Å².